The first-order valence-electron chi connectivity index (χ1n) is 14.2. The van der Waals surface area contributed by atoms with Crippen molar-refractivity contribution in [3.63, 3.8) is 0 Å². The van der Waals surface area contributed by atoms with Gasteiger partial charge in [-0.3, -0.25) is 0 Å². The summed E-state index contributed by atoms with van der Waals surface area (Å²) in [7, 11) is 0. The lowest BCUT2D eigenvalue weighted by Gasteiger charge is -2.28. The zero-order chi connectivity index (χ0) is 27.6. The Hall–Kier alpha value is -4.66. The molecule has 0 bridgehead atoms. The number of hydrogen-bond donors (Lipinski definition) is 0. The minimum Gasteiger partial charge on any atom is -0.310 e. The summed E-state index contributed by atoms with van der Waals surface area (Å²) in [5.74, 6) is 0. The summed E-state index contributed by atoms with van der Waals surface area (Å²) >= 11 is 1.87. The Kier molecular flexibility index (Phi) is 5.42. The molecule has 0 radical (unpaired) electrons. The van der Waals surface area contributed by atoms with Gasteiger partial charge in [-0.15, -0.1) is 11.3 Å². The summed E-state index contributed by atoms with van der Waals surface area (Å²) in [4.78, 5) is 2.43. The molecule has 41 heavy (non-hydrogen) atoms. The first-order valence-corrected chi connectivity index (χ1v) is 15.0. The first-order chi connectivity index (χ1) is 20.1. The van der Waals surface area contributed by atoms with Crippen LogP contribution in [0.5, 0.6) is 0 Å². The second kappa shape index (κ2) is 9.19. The van der Waals surface area contributed by atoms with Crippen molar-refractivity contribution in [1.29, 1.82) is 0 Å². The van der Waals surface area contributed by atoms with Gasteiger partial charge in [0, 0.05) is 42.6 Å². The van der Waals surface area contributed by atoms with Crippen LogP contribution in [0.15, 0.2) is 140 Å². The third-order valence-corrected chi connectivity index (χ3v) is 9.79. The third-order valence-electron chi connectivity index (χ3n) is 8.66. The second-order valence-corrected chi connectivity index (χ2v) is 12.5. The van der Waals surface area contributed by atoms with E-state index in [1.807, 2.05) is 11.3 Å². The van der Waals surface area contributed by atoms with Crippen LogP contribution >= 0.6 is 11.3 Å². The van der Waals surface area contributed by atoms with Crippen molar-refractivity contribution in [1.82, 2.24) is 0 Å². The number of nitrogens with zero attached hydrogens (tertiary/aromatic N) is 1. The molecule has 0 unspecified atom stereocenters. The van der Waals surface area contributed by atoms with Crippen LogP contribution < -0.4 is 4.90 Å². The van der Waals surface area contributed by atoms with E-state index in [1.54, 1.807) is 0 Å². The Morgan fingerprint density at radius 3 is 2.02 bits per heavy atom. The number of hydrogen-bond acceptors (Lipinski definition) is 2. The lowest BCUT2D eigenvalue weighted by molar-refractivity contribution is 0.660. The Balaban J connectivity index is 1.33. The van der Waals surface area contributed by atoms with E-state index in [2.05, 4.69) is 158 Å². The predicted molar refractivity (Wildman–Crippen MR) is 177 cm³/mol. The standard InChI is InChI=1S/C39H29NS/c1-39(2)35-17-8-6-15-31(35)32-21-19-29(24-36(32)39)40(28-14-10-13-27(23-28)26-11-4-3-5-12-26)30-20-22-34-33-16-7-9-18-37(33)41-38(34)25-30/h3-25H,1-2H3. The smallest absolute Gasteiger partial charge is 0.0476 e. The van der Waals surface area contributed by atoms with Crippen LogP contribution in [-0.2, 0) is 5.41 Å². The van der Waals surface area contributed by atoms with Crippen molar-refractivity contribution in [2.24, 2.45) is 0 Å². The van der Waals surface area contributed by atoms with Crippen LogP contribution in [0.2, 0.25) is 0 Å². The minimum atomic E-state index is -0.0606. The van der Waals surface area contributed by atoms with Crippen LogP contribution in [0, 0.1) is 0 Å². The summed E-state index contributed by atoms with van der Waals surface area (Å²) in [5, 5.41) is 2.64. The van der Waals surface area contributed by atoms with Crippen molar-refractivity contribution in [3.05, 3.63) is 151 Å². The largest absolute Gasteiger partial charge is 0.310 e. The summed E-state index contributed by atoms with van der Waals surface area (Å²) in [5.41, 5.74) is 11.3. The maximum absolute atomic E-state index is 2.43. The van der Waals surface area contributed by atoms with Gasteiger partial charge in [-0.1, -0.05) is 111 Å². The molecule has 2 heteroatoms. The molecule has 7 aromatic rings. The SMILES string of the molecule is CC1(C)c2ccccc2-c2ccc(N(c3cccc(-c4ccccc4)c3)c3ccc4c(c3)sc3ccccc34)cc21. The molecule has 8 rings (SSSR count). The van der Waals surface area contributed by atoms with E-state index in [0.717, 1.165) is 5.69 Å². The second-order valence-electron chi connectivity index (χ2n) is 11.4. The zero-order valence-electron chi connectivity index (χ0n) is 23.1. The van der Waals surface area contributed by atoms with Gasteiger partial charge in [0.2, 0.25) is 0 Å². The van der Waals surface area contributed by atoms with E-state index in [1.165, 1.54) is 64.9 Å². The highest BCUT2D eigenvalue weighted by Gasteiger charge is 2.35. The van der Waals surface area contributed by atoms with E-state index in [4.69, 9.17) is 0 Å². The minimum absolute atomic E-state index is 0.0606. The number of thiophene rings is 1. The van der Waals surface area contributed by atoms with Crippen LogP contribution in [0.25, 0.3) is 42.4 Å². The predicted octanol–water partition coefficient (Wildman–Crippen LogP) is 11.5. The van der Waals surface area contributed by atoms with Crippen molar-refractivity contribution in [2.75, 3.05) is 4.90 Å². The van der Waals surface area contributed by atoms with E-state index < -0.39 is 0 Å². The van der Waals surface area contributed by atoms with E-state index >= 15 is 0 Å². The molecule has 0 saturated carbocycles. The fourth-order valence-corrected chi connectivity index (χ4v) is 7.73. The number of benzene rings is 6. The van der Waals surface area contributed by atoms with E-state index in [9.17, 15) is 0 Å². The Morgan fingerprint density at radius 1 is 0.463 bits per heavy atom. The fourth-order valence-electron chi connectivity index (χ4n) is 6.59. The molecular weight excluding hydrogens is 515 g/mol. The van der Waals surface area contributed by atoms with Gasteiger partial charge in [0.1, 0.15) is 0 Å². The van der Waals surface area contributed by atoms with Crippen molar-refractivity contribution in [3.8, 4) is 22.3 Å². The van der Waals surface area contributed by atoms with Crippen molar-refractivity contribution < 1.29 is 0 Å². The summed E-state index contributed by atoms with van der Waals surface area (Å²) in [6.45, 7) is 4.70. The van der Waals surface area contributed by atoms with Crippen LogP contribution in [0.4, 0.5) is 17.1 Å². The molecule has 0 atom stereocenters. The number of fused-ring (bicyclic) bond motifs is 6. The quantitative estimate of drug-likeness (QED) is 0.213. The summed E-state index contributed by atoms with van der Waals surface area (Å²) < 4.78 is 2.64. The molecule has 0 aliphatic heterocycles. The zero-order valence-corrected chi connectivity index (χ0v) is 24.0. The third kappa shape index (κ3) is 3.83. The van der Waals surface area contributed by atoms with Gasteiger partial charge in [0.05, 0.1) is 0 Å². The fraction of sp³-hybridized carbons (Fsp3) is 0.0769. The maximum Gasteiger partial charge on any atom is 0.0476 e. The average Bonchev–Trinajstić information content (AvgIpc) is 3.50. The summed E-state index contributed by atoms with van der Waals surface area (Å²) in [6.07, 6.45) is 0. The molecule has 1 heterocycles. The van der Waals surface area contributed by atoms with Gasteiger partial charge in [-0.05, 0) is 75.8 Å². The monoisotopic (exact) mass is 543 g/mol. The maximum atomic E-state index is 2.43. The molecule has 0 N–H and O–H groups in total. The molecule has 0 saturated heterocycles. The Bertz CT molecular complexity index is 2080. The topological polar surface area (TPSA) is 3.24 Å². The number of rotatable bonds is 4. The molecule has 0 spiro atoms. The molecule has 196 valence electrons. The first kappa shape index (κ1) is 24.2. The van der Waals surface area contributed by atoms with Gasteiger partial charge in [0.15, 0.2) is 0 Å². The average molecular weight is 544 g/mol. The highest BCUT2D eigenvalue weighted by Crippen LogP contribution is 2.51. The Morgan fingerprint density at radius 2 is 1.12 bits per heavy atom. The molecule has 0 fully saturated rings. The lowest BCUT2D eigenvalue weighted by Crippen LogP contribution is -2.16. The molecule has 1 aliphatic carbocycles. The van der Waals surface area contributed by atoms with Gasteiger partial charge >= 0.3 is 0 Å². The van der Waals surface area contributed by atoms with Crippen LogP contribution in [-0.4, -0.2) is 0 Å². The molecule has 1 aliphatic rings. The van der Waals surface area contributed by atoms with E-state index in [-0.39, 0.29) is 5.41 Å². The Labute approximate surface area is 245 Å². The van der Waals surface area contributed by atoms with Gasteiger partial charge in [-0.2, -0.15) is 0 Å². The molecule has 1 nitrogen and oxygen atoms in total. The van der Waals surface area contributed by atoms with E-state index in [0.29, 0.717) is 0 Å². The van der Waals surface area contributed by atoms with Gasteiger partial charge in [0.25, 0.3) is 0 Å². The van der Waals surface area contributed by atoms with Crippen LogP contribution in [0.1, 0.15) is 25.0 Å². The highest BCUT2D eigenvalue weighted by atomic mass is 32.1. The normalized spacial score (nSPS) is 13.3. The molecule has 1 aromatic heterocycles. The lowest BCUT2D eigenvalue weighted by atomic mass is 9.82. The highest BCUT2D eigenvalue weighted by molar-refractivity contribution is 7.25. The van der Waals surface area contributed by atoms with Crippen molar-refractivity contribution >= 4 is 48.6 Å². The van der Waals surface area contributed by atoms with Crippen molar-refractivity contribution in [2.45, 2.75) is 19.3 Å². The molecule has 6 aromatic carbocycles. The number of anilines is 3. The van der Waals surface area contributed by atoms with Gasteiger partial charge < -0.3 is 4.90 Å². The molecular formula is C39H29NS. The van der Waals surface area contributed by atoms with Crippen LogP contribution in [0.3, 0.4) is 0 Å². The van der Waals surface area contributed by atoms with Gasteiger partial charge in [-0.25, -0.2) is 0 Å². The summed E-state index contributed by atoms with van der Waals surface area (Å²) in [6, 6.07) is 51.1. The molecule has 0 amide bonds.